The molecule has 0 amide bonds. The predicted octanol–water partition coefficient (Wildman–Crippen LogP) is 2.91. The van der Waals surface area contributed by atoms with Crippen molar-refractivity contribution in [2.45, 2.75) is 32.1 Å². The second-order valence-electron chi connectivity index (χ2n) is 5.84. The Balaban J connectivity index is 2.16. The summed E-state index contributed by atoms with van der Waals surface area (Å²) < 4.78 is 33.2. The smallest absolute Gasteiger partial charge is 0.313 e. The maximum Gasteiger partial charge on any atom is 0.313 e. The number of hydrogen-bond donors (Lipinski definition) is 0. The Bertz CT molecular complexity index is 596. The van der Waals surface area contributed by atoms with Crippen LogP contribution in [0, 0.1) is 11.6 Å². The minimum atomic E-state index is -0.783. The van der Waals surface area contributed by atoms with Gasteiger partial charge < -0.3 is 9.64 Å². The zero-order chi connectivity index (χ0) is 17.0. The van der Waals surface area contributed by atoms with E-state index in [0.29, 0.717) is 5.56 Å². The highest BCUT2D eigenvalue weighted by Gasteiger charge is 2.25. The summed E-state index contributed by atoms with van der Waals surface area (Å²) in [7, 11) is 1.99. The van der Waals surface area contributed by atoms with Crippen LogP contribution in [0.15, 0.2) is 12.1 Å². The van der Waals surface area contributed by atoms with Crippen molar-refractivity contribution in [1.29, 1.82) is 0 Å². The van der Waals surface area contributed by atoms with Crippen LogP contribution in [0.5, 0.6) is 0 Å². The molecule has 0 aliphatic carbocycles. The van der Waals surface area contributed by atoms with Gasteiger partial charge in [-0.3, -0.25) is 9.59 Å². The van der Waals surface area contributed by atoms with Crippen LogP contribution >= 0.6 is 0 Å². The Hall–Kier alpha value is -1.82. The first-order valence-electron chi connectivity index (χ1n) is 7.78. The fraction of sp³-hybridized carbons (Fsp3) is 0.529. The molecular formula is C17H21F2NO3. The Morgan fingerprint density at radius 1 is 1.22 bits per heavy atom. The van der Waals surface area contributed by atoms with Gasteiger partial charge in [0.15, 0.2) is 5.78 Å². The van der Waals surface area contributed by atoms with E-state index in [0.717, 1.165) is 38.1 Å². The molecule has 6 heteroatoms. The molecule has 1 aliphatic rings. The third-order valence-electron chi connectivity index (χ3n) is 4.16. The number of likely N-dealkylation sites (tertiary alicyclic amines) is 1. The third-order valence-corrected chi connectivity index (χ3v) is 4.16. The molecule has 0 N–H and O–H groups in total. The molecule has 2 rings (SSSR count). The Morgan fingerprint density at radius 2 is 1.87 bits per heavy atom. The summed E-state index contributed by atoms with van der Waals surface area (Å²) in [5.41, 5.74) is -0.0875. The van der Waals surface area contributed by atoms with Crippen LogP contribution in [0.3, 0.4) is 0 Å². The van der Waals surface area contributed by atoms with Crippen LogP contribution in [0.1, 0.15) is 48.0 Å². The highest BCUT2D eigenvalue weighted by Crippen LogP contribution is 2.31. The van der Waals surface area contributed by atoms with E-state index in [2.05, 4.69) is 9.64 Å². The number of esters is 1. The van der Waals surface area contributed by atoms with E-state index >= 15 is 0 Å². The molecule has 126 valence electrons. The molecule has 0 bridgehead atoms. The topological polar surface area (TPSA) is 46.6 Å². The average molecular weight is 325 g/mol. The van der Waals surface area contributed by atoms with E-state index in [4.69, 9.17) is 0 Å². The summed E-state index contributed by atoms with van der Waals surface area (Å²) in [5.74, 6) is -2.93. The molecule has 4 nitrogen and oxygen atoms in total. The van der Waals surface area contributed by atoms with Gasteiger partial charge in [0.25, 0.3) is 0 Å². The normalized spacial score (nSPS) is 16.3. The van der Waals surface area contributed by atoms with E-state index in [1.807, 2.05) is 7.05 Å². The predicted molar refractivity (Wildman–Crippen MR) is 81.4 cm³/mol. The van der Waals surface area contributed by atoms with Crippen LogP contribution < -0.4 is 0 Å². The number of benzene rings is 1. The summed E-state index contributed by atoms with van der Waals surface area (Å²) in [6, 6.07) is 2.01. The van der Waals surface area contributed by atoms with Crippen molar-refractivity contribution in [3.8, 4) is 0 Å². The van der Waals surface area contributed by atoms with Crippen molar-refractivity contribution in [3.63, 3.8) is 0 Å². The molecule has 0 atom stereocenters. The number of carbonyl (C=O) groups excluding carboxylic acids is 2. The Morgan fingerprint density at radius 3 is 2.48 bits per heavy atom. The molecule has 1 saturated heterocycles. The van der Waals surface area contributed by atoms with Crippen molar-refractivity contribution < 1.29 is 23.1 Å². The van der Waals surface area contributed by atoms with E-state index in [9.17, 15) is 18.4 Å². The van der Waals surface area contributed by atoms with Gasteiger partial charge >= 0.3 is 5.97 Å². The Kier molecular flexibility index (Phi) is 5.82. The second-order valence-corrected chi connectivity index (χ2v) is 5.84. The number of nitrogens with zero attached hydrogens (tertiary/aromatic N) is 1. The van der Waals surface area contributed by atoms with E-state index in [1.54, 1.807) is 6.92 Å². The maximum absolute atomic E-state index is 14.3. The van der Waals surface area contributed by atoms with Gasteiger partial charge in [0.05, 0.1) is 12.2 Å². The summed E-state index contributed by atoms with van der Waals surface area (Å²) in [4.78, 5) is 25.4. The minimum Gasteiger partial charge on any atom is -0.466 e. The van der Waals surface area contributed by atoms with Crippen molar-refractivity contribution >= 4 is 11.8 Å². The second kappa shape index (κ2) is 7.64. The van der Waals surface area contributed by atoms with Crippen LogP contribution in [-0.2, 0) is 9.53 Å². The van der Waals surface area contributed by atoms with E-state index < -0.39 is 35.4 Å². The van der Waals surface area contributed by atoms with Crippen LogP contribution in [0.25, 0.3) is 0 Å². The first kappa shape index (κ1) is 17.5. The lowest BCUT2D eigenvalue weighted by Crippen LogP contribution is -2.29. The lowest BCUT2D eigenvalue weighted by atomic mass is 9.88. The summed E-state index contributed by atoms with van der Waals surface area (Å²) in [6.45, 7) is 3.40. The van der Waals surface area contributed by atoms with E-state index in [-0.39, 0.29) is 12.5 Å². The van der Waals surface area contributed by atoms with Gasteiger partial charge in [0, 0.05) is 0 Å². The van der Waals surface area contributed by atoms with Gasteiger partial charge in [-0.1, -0.05) is 0 Å². The molecule has 1 heterocycles. The van der Waals surface area contributed by atoms with Crippen molar-refractivity contribution in [2.75, 3.05) is 26.7 Å². The van der Waals surface area contributed by atoms with Gasteiger partial charge in [-0.15, -0.1) is 0 Å². The number of halogens is 2. The summed E-state index contributed by atoms with van der Waals surface area (Å²) >= 11 is 0. The first-order chi connectivity index (χ1) is 10.9. The van der Waals surface area contributed by atoms with E-state index in [1.165, 1.54) is 0 Å². The van der Waals surface area contributed by atoms with Crippen LogP contribution in [-0.4, -0.2) is 43.4 Å². The number of Topliss-reactive ketones (excluding diaryl/α,β-unsaturated/α-hetero) is 1. The minimum absolute atomic E-state index is 0.0464. The molecule has 0 unspecified atom stereocenters. The zero-order valence-electron chi connectivity index (χ0n) is 13.4. The number of piperidine rings is 1. The van der Waals surface area contributed by atoms with Crippen LogP contribution in [0.2, 0.25) is 0 Å². The fourth-order valence-corrected chi connectivity index (χ4v) is 2.85. The van der Waals surface area contributed by atoms with Gasteiger partial charge in [0.1, 0.15) is 18.1 Å². The van der Waals surface area contributed by atoms with Crippen LogP contribution in [0.4, 0.5) is 8.78 Å². The summed E-state index contributed by atoms with van der Waals surface area (Å²) in [6.07, 6.45) is 0.920. The quantitative estimate of drug-likeness (QED) is 0.474. The Labute approximate surface area is 134 Å². The number of hydrogen-bond acceptors (Lipinski definition) is 4. The number of ether oxygens (including phenoxy) is 1. The zero-order valence-corrected chi connectivity index (χ0v) is 13.4. The molecule has 1 fully saturated rings. The molecule has 1 aromatic carbocycles. The lowest BCUT2D eigenvalue weighted by Gasteiger charge is -2.29. The monoisotopic (exact) mass is 325 g/mol. The third kappa shape index (κ3) is 4.34. The lowest BCUT2D eigenvalue weighted by molar-refractivity contribution is -0.141. The number of ketones is 1. The largest absolute Gasteiger partial charge is 0.466 e. The molecule has 1 aliphatic heterocycles. The average Bonchev–Trinajstić information content (AvgIpc) is 2.50. The molecule has 0 aromatic heterocycles. The van der Waals surface area contributed by atoms with Gasteiger partial charge in [-0.05, 0) is 63.5 Å². The SMILES string of the molecule is CCOC(=O)CC(=O)c1cc(F)c(C2CCN(C)CC2)cc1F. The summed E-state index contributed by atoms with van der Waals surface area (Å²) in [5, 5.41) is 0. The van der Waals surface area contributed by atoms with Gasteiger partial charge in [0.2, 0.25) is 0 Å². The van der Waals surface area contributed by atoms with Gasteiger partial charge in [-0.2, -0.15) is 0 Å². The van der Waals surface area contributed by atoms with Crippen molar-refractivity contribution in [3.05, 3.63) is 34.9 Å². The number of rotatable bonds is 5. The molecule has 23 heavy (non-hydrogen) atoms. The maximum atomic E-state index is 14.3. The molecular weight excluding hydrogens is 304 g/mol. The number of carbonyl (C=O) groups is 2. The molecule has 0 spiro atoms. The highest BCUT2D eigenvalue weighted by molar-refractivity contribution is 6.06. The van der Waals surface area contributed by atoms with Crippen molar-refractivity contribution in [2.24, 2.45) is 0 Å². The standard InChI is InChI=1S/C17H21F2NO3/c1-3-23-17(22)10-16(21)13-9-14(18)12(8-15(13)19)11-4-6-20(2)7-5-11/h8-9,11H,3-7,10H2,1-2H3. The van der Waals surface area contributed by atoms with Crippen molar-refractivity contribution in [1.82, 2.24) is 4.90 Å². The first-order valence-corrected chi connectivity index (χ1v) is 7.78. The highest BCUT2D eigenvalue weighted by atomic mass is 19.1. The fourth-order valence-electron chi connectivity index (χ4n) is 2.85. The molecule has 0 saturated carbocycles. The van der Waals surface area contributed by atoms with Gasteiger partial charge in [-0.25, -0.2) is 8.78 Å². The molecule has 0 radical (unpaired) electrons. The molecule has 1 aromatic rings.